The number of hydrogen-bond donors (Lipinski definition) is 0. The standard InChI is InChI=1S/C15H13Br2N3O/c1-3-10-11(8-18)15(20-19-13(10)4-2)21-14-6-5-9(16)7-12(14)17/h5-7H,3-4H2,1-2H3. The number of ether oxygens (including phenoxy) is 1. The summed E-state index contributed by atoms with van der Waals surface area (Å²) in [6.07, 6.45) is 1.46. The average molecular weight is 411 g/mol. The van der Waals surface area contributed by atoms with Gasteiger partial charge in [-0.3, -0.25) is 0 Å². The third-order valence-corrected chi connectivity index (χ3v) is 4.14. The summed E-state index contributed by atoms with van der Waals surface area (Å²) < 4.78 is 7.48. The molecule has 0 N–H and O–H groups in total. The second kappa shape index (κ2) is 7.01. The van der Waals surface area contributed by atoms with Crippen molar-refractivity contribution in [2.45, 2.75) is 26.7 Å². The van der Waals surface area contributed by atoms with Crippen LogP contribution in [0.5, 0.6) is 11.6 Å². The zero-order chi connectivity index (χ0) is 15.4. The molecule has 0 aliphatic carbocycles. The van der Waals surface area contributed by atoms with Gasteiger partial charge in [-0.05, 0) is 52.5 Å². The van der Waals surface area contributed by atoms with Crippen molar-refractivity contribution in [1.82, 2.24) is 10.2 Å². The van der Waals surface area contributed by atoms with E-state index in [0.717, 1.165) is 33.0 Å². The van der Waals surface area contributed by atoms with E-state index in [1.807, 2.05) is 26.0 Å². The fraction of sp³-hybridized carbons (Fsp3) is 0.267. The van der Waals surface area contributed by atoms with Gasteiger partial charge >= 0.3 is 0 Å². The summed E-state index contributed by atoms with van der Waals surface area (Å²) >= 11 is 6.81. The Morgan fingerprint density at radius 3 is 2.52 bits per heavy atom. The van der Waals surface area contributed by atoms with Crippen molar-refractivity contribution in [1.29, 1.82) is 5.26 Å². The fourth-order valence-electron chi connectivity index (χ4n) is 2.00. The maximum Gasteiger partial charge on any atom is 0.257 e. The molecule has 1 aromatic heterocycles. The Kier molecular flexibility index (Phi) is 5.32. The van der Waals surface area contributed by atoms with E-state index in [9.17, 15) is 5.26 Å². The molecular weight excluding hydrogens is 398 g/mol. The van der Waals surface area contributed by atoms with E-state index in [-0.39, 0.29) is 5.88 Å². The van der Waals surface area contributed by atoms with Gasteiger partial charge in [0, 0.05) is 4.47 Å². The number of benzene rings is 1. The molecule has 0 aliphatic rings. The summed E-state index contributed by atoms with van der Waals surface area (Å²) in [6, 6.07) is 7.72. The van der Waals surface area contributed by atoms with Crippen LogP contribution in [0.4, 0.5) is 0 Å². The first-order chi connectivity index (χ1) is 10.1. The molecule has 2 aromatic rings. The SMILES string of the molecule is CCc1nnc(Oc2ccc(Br)cc2Br)c(C#N)c1CC. The molecule has 0 saturated carbocycles. The molecule has 0 unspecified atom stereocenters. The quantitative estimate of drug-likeness (QED) is 0.726. The summed E-state index contributed by atoms with van der Waals surface area (Å²) in [5.74, 6) is 0.838. The topological polar surface area (TPSA) is 58.8 Å². The van der Waals surface area contributed by atoms with Gasteiger partial charge < -0.3 is 4.74 Å². The van der Waals surface area contributed by atoms with E-state index in [1.165, 1.54) is 0 Å². The van der Waals surface area contributed by atoms with E-state index >= 15 is 0 Å². The number of rotatable bonds is 4. The van der Waals surface area contributed by atoms with Crippen LogP contribution in [-0.2, 0) is 12.8 Å². The van der Waals surface area contributed by atoms with Crippen LogP contribution in [-0.4, -0.2) is 10.2 Å². The molecule has 4 nitrogen and oxygen atoms in total. The molecule has 1 heterocycles. The van der Waals surface area contributed by atoms with E-state index in [2.05, 4.69) is 48.1 Å². The molecule has 0 radical (unpaired) electrons. The summed E-state index contributed by atoms with van der Waals surface area (Å²) in [4.78, 5) is 0. The Morgan fingerprint density at radius 2 is 1.95 bits per heavy atom. The molecule has 21 heavy (non-hydrogen) atoms. The van der Waals surface area contributed by atoms with Gasteiger partial charge in [-0.25, -0.2) is 0 Å². The van der Waals surface area contributed by atoms with Gasteiger partial charge in [0.05, 0.1) is 10.2 Å². The van der Waals surface area contributed by atoms with Crippen LogP contribution in [0.2, 0.25) is 0 Å². The number of hydrogen-bond acceptors (Lipinski definition) is 4. The van der Waals surface area contributed by atoms with E-state index in [4.69, 9.17) is 4.74 Å². The largest absolute Gasteiger partial charge is 0.435 e. The smallest absolute Gasteiger partial charge is 0.257 e. The van der Waals surface area contributed by atoms with Gasteiger partial charge in [-0.2, -0.15) is 10.4 Å². The lowest BCUT2D eigenvalue weighted by Gasteiger charge is -2.12. The van der Waals surface area contributed by atoms with Crippen molar-refractivity contribution >= 4 is 31.9 Å². The summed E-state index contributed by atoms with van der Waals surface area (Å²) in [5.41, 5.74) is 2.20. The highest BCUT2D eigenvalue weighted by atomic mass is 79.9. The van der Waals surface area contributed by atoms with E-state index in [0.29, 0.717) is 11.3 Å². The van der Waals surface area contributed by atoms with Crippen LogP contribution in [0.25, 0.3) is 0 Å². The van der Waals surface area contributed by atoms with Crippen molar-refractivity contribution in [2.24, 2.45) is 0 Å². The summed E-state index contributed by atoms with van der Waals surface area (Å²) in [6.45, 7) is 3.99. The normalized spacial score (nSPS) is 10.2. The first kappa shape index (κ1) is 15.9. The Hall–Kier alpha value is -1.45. The van der Waals surface area contributed by atoms with Crippen LogP contribution in [0.3, 0.4) is 0 Å². The van der Waals surface area contributed by atoms with Gasteiger partial charge in [0.25, 0.3) is 5.88 Å². The minimum Gasteiger partial charge on any atom is -0.435 e. The van der Waals surface area contributed by atoms with Gasteiger partial charge in [-0.1, -0.05) is 29.8 Å². The molecule has 0 saturated heterocycles. The third kappa shape index (κ3) is 3.42. The molecule has 6 heteroatoms. The van der Waals surface area contributed by atoms with Crippen LogP contribution in [0.15, 0.2) is 27.1 Å². The zero-order valence-electron chi connectivity index (χ0n) is 11.7. The molecule has 1 aromatic carbocycles. The minimum absolute atomic E-state index is 0.245. The first-order valence-corrected chi connectivity index (χ1v) is 8.10. The lowest BCUT2D eigenvalue weighted by Crippen LogP contribution is -2.05. The van der Waals surface area contributed by atoms with Crippen molar-refractivity contribution in [3.63, 3.8) is 0 Å². The third-order valence-electron chi connectivity index (χ3n) is 3.03. The molecule has 0 spiro atoms. The number of nitriles is 1. The Labute approximate surface area is 140 Å². The molecule has 108 valence electrons. The molecule has 0 amide bonds. The predicted octanol–water partition coefficient (Wildman–Crippen LogP) is 4.79. The van der Waals surface area contributed by atoms with E-state index in [1.54, 1.807) is 6.07 Å². The van der Waals surface area contributed by atoms with Crippen molar-refractivity contribution in [3.05, 3.63) is 44.0 Å². The number of halogens is 2. The molecule has 0 bridgehead atoms. The van der Waals surface area contributed by atoms with Crippen LogP contribution in [0.1, 0.15) is 30.7 Å². The molecule has 0 atom stereocenters. The lowest BCUT2D eigenvalue weighted by atomic mass is 10.0. The zero-order valence-corrected chi connectivity index (χ0v) is 14.8. The summed E-state index contributed by atoms with van der Waals surface area (Å²) in [5, 5.41) is 17.7. The van der Waals surface area contributed by atoms with Gasteiger partial charge in [0.15, 0.2) is 0 Å². The highest BCUT2D eigenvalue weighted by molar-refractivity contribution is 9.11. The Bertz CT molecular complexity index is 711. The second-order valence-corrected chi connectivity index (χ2v) is 6.07. The summed E-state index contributed by atoms with van der Waals surface area (Å²) in [7, 11) is 0. The monoisotopic (exact) mass is 409 g/mol. The number of aromatic nitrogens is 2. The molecule has 0 fully saturated rings. The molecule has 0 aliphatic heterocycles. The van der Waals surface area contributed by atoms with Crippen LogP contribution < -0.4 is 4.74 Å². The van der Waals surface area contributed by atoms with E-state index < -0.39 is 0 Å². The molecule has 2 rings (SSSR count). The van der Waals surface area contributed by atoms with Crippen LogP contribution >= 0.6 is 31.9 Å². The molecular formula is C15H13Br2N3O. The van der Waals surface area contributed by atoms with Gasteiger partial charge in [-0.15, -0.1) is 5.10 Å². The number of aryl methyl sites for hydroxylation is 1. The lowest BCUT2D eigenvalue weighted by molar-refractivity contribution is 0.448. The minimum atomic E-state index is 0.245. The maximum absolute atomic E-state index is 9.42. The maximum atomic E-state index is 9.42. The number of nitrogens with zero attached hydrogens (tertiary/aromatic N) is 3. The van der Waals surface area contributed by atoms with Crippen LogP contribution in [0, 0.1) is 11.3 Å². The van der Waals surface area contributed by atoms with Gasteiger partial charge in [0.1, 0.15) is 17.4 Å². The first-order valence-electron chi connectivity index (χ1n) is 6.52. The highest BCUT2D eigenvalue weighted by Crippen LogP contribution is 2.33. The van der Waals surface area contributed by atoms with Crippen molar-refractivity contribution in [2.75, 3.05) is 0 Å². The van der Waals surface area contributed by atoms with Gasteiger partial charge in [0.2, 0.25) is 0 Å². The second-order valence-electron chi connectivity index (χ2n) is 4.30. The highest BCUT2D eigenvalue weighted by Gasteiger charge is 2.16. The Balaban J connectivity index is 2.47. The Morgan fingerprint density at radius 1 is 1.19 bits per heavy atom. The average Bonchev–Trinajstić information content (AvgIpc) is 2.49. The van der Waals surface area contributed by atoms with Crippen molar-refractivity contribution < 1.29 is 4.74 Å². The van der Waals surface area contributed by atoms with Crippen molar-refractivity contribution in [3.8, 4) is 17.7 Å². The fourth-order valence-corrected chi connectivity index (χ4v) is 3.13. The predicted molar refractivity (Wildman–Crippen MR) is 87.4 cm³/mol.